The van der Waals surface area contributed by atoms with Gasteiger partial charge in [-0.25, -0.2) is 0 Å². The summed E-state index contributed by atoms with van der Waals surface area (Å²) in [5.41, 5.74) is 0. The zero-order valence-electron chi connectivity index (χ0n) is 13.4. The van der Waals surface area contributed by atoms with Gasteiger partial charge in [-0.2, -0.15) is 0 Å². The summed E-state index contributed by atoms with van der Waals surface area (Å²) < 4.78 is 18.3. The second-order valence-electron chi connectivity index (χ2n) is 4.98. The Morgan fingerprint density at radius 1 is 1.21 bits per heavy atom. The number of hydrogen-bond donors (Lipinski definition) is 0. The second-order valence-corrected chi connectivity index (χ2v) is 10.2. The largest absolute Gasteiger partial charge is 0.321 e. The van der Waals surface area contributed by atoms with Crippen LogP contribution in [0, 0.1) is 5.92 Å². The molecule has 0 spiro atoms. The van der Waals surface area contributed by atoms with Crippen LogP contribution >= 0.6 is 18.0 Å². The van der Waals surface area contributed by atoms with Crippen LogP contribution in [0.2, 0.25) is 0 Å². The van der Waals surface area contributed by atoms with Gasteiger partial charge in [0.25, 0.3) is 6.57 Å². The molecule has 0 bridgehead atoms. The second kappa shape index (κ2) is 11.2. The fourth-order valence-corrected chi connectivity index (χ4v) is 5.46. The highest BCUT2D eigenvalue weighted by Crippen LogP contribution is 2.59. The predicted molar refractivity (Wildman–Crippen MR) is 88.4 cm³/mol. The molecule has 0 aromatic heterocycles. The molecule has 0 fully saturated rings. The Hall–Kier alpha value is 0.500. The third-order valence-electron chi connectivity index (χ3n) is 3.31. The number of nitrogens with zero attached hydrogens (tertiary/aromatic N) is 1. The smallest absolute Gasteiger partial charge is 0.257 e. The number of rotatable bonds is 12. The maximum Gasteiger partial charge on any atom is 0.257 e. The molecule has 0 aromatic rings. The molecule has 0 saturated heterocycles. The Balaban J connectivity index is 4.04. The van der Waals surface area contributed by atoms with E-state index in [1.807, 2.05) is 6.92 Å². The van der Waals surface area contributed by atoms with Crippen LogP contribution in [0.5, 0.6) is 0 Å². The molecule has 0 amide bonds. The van der Waals surface area contributed by atoms with Gasteiger partial charge in [-0.15, -0.1) is 0 Å². The molecule has 0 heterocycles. The van der Waals surface area contributed by atoms with E-state index < -0.39 is 6.57 Å². The van der Waals surface area contributed by atoms with Gasteiger partial charge in [-0.3, -0.25) is 4.57 Å². The summed E-state index contributed by atoms with van der Waals surface area (Å²) in [4.78, 5) is 2.35. The van der Waals surface area contributed by atoms with Crippen LogP contribution in [0.15, 0.2) is 0 Å². The molecule has 2 unspecified atom stereocenters. The highest BCUT2D eigenvalue weighted by Gasteiger charge is 2.22. The molecule has 0 rings (SSSR count). The lowest BCUT2D eigenvalue weighted by molar-refractivity contribution is 0.260. The van der Waals surface area contributed by atoms with Crippen LogP contribution in [-0.4, -0.2) is 43.1 Å². The van der Waals surface area contributed by atoms with E-state index in [2.05, 4.69) is 32.6 Å². The quantitative estimate of drug-likeness (QED) is 0.488. The topological polar surface area (TPSA) is 29.5 Å². The van der Waals surface area contributed by atoms with Gasteiger partial charge in [0.15, 0.2) is 0 Å². The molecule has 5 heteroatoms. The molecule has 0 aliphatic heterocycles. The lowest BCUT2D eigenvalue weighted by atomic mass is 10.1. The predicted octanol–water partition coefficient (Wildman–Crippen LogP) is 4.73. The Labute approximate surface area is 124 Å². The third kappa shape index (κ3) is 9.12. The van der Waals surface area contributed by atoms with Crippen molar-refractivity contribution in [3.63, 3.8) is 0 Å². The van der Waals surface area contributed by atoms with Crippen molar-refractivity contribution in [2.45, 2.75) is 47.5 Å². The Morgan fingerprint density at radius 3 is 2.32 bits per heavy atom. The van der Waals surface area contributed by atoms with Gasteiger partial charge < -0.3 is 9.42 Å². The van der Waals surface area contributed by atoms with E-state index in [1.165, 1.54) is 11.4 Å². The van der Waals surface area contributed by atoms with E-state index in [4.69, 9.17) is 4.52 Å². The van der Waals surface area contributed by atoms with Crippen molar-refractivity contribution in [3.8, 4) is 0 Å². The average molecular weight is 309 g/mol. The molecule has 0 radical (unpaired) electrons. The standard InChI is InChI=1S/C14H32NO2PS/c1-6-10-14(5)13-17-18(16,9-4)19-12-11-15(7-2)8-3/h14H,6-13H2,1-5H3. The summed E-state index contributed by atoms with van der Waals surface area (Å²) in [6.07, 6.45) is 2.94. The van der Waals surface area contributed by atoms with Gasteiger partial charge in [0, 0.05) is 18.5 Å². The van der Waals surface area contributed by atoms with Crippen molar-refractivity contribution in [1.29, 1.82) is 0 Å². The Kier molecular flexibility index (Phi) is 11.5. The zero-order chi connectivity index (χ0) is 14.7. The molecular formula is C14H32NO2PS. The molecule has 116 valence electrons. The molecule has 0 N–H and O–H groups in total. The van der Waals surface area contributed by atoms with Gasteiger partial charge in [0.2, 0.25) is 0 Å². The average Bonchev–Trinajstić information content (AvgIpc) is 2.42. The molecule has 19 heavy (non-hydrogen) atoms. The van der Waals surface area contributed by atoms with Gasteiger partial charge >= 0.3 is 0 Å². The van der Waals surface area contributed by atoms with E-state index in [1.54, 1.807) is 0 Å². The van der Waals surface area contributed by atoms with Crippen LogP contribution in [-0.2, 0) is 9.09 Å². The molecule has 0 aliphatic rings. The minimum atomic E-state index is -2.46. The first kappa shape index (κ1) is 19.5. The summed E-state index contributed by atoms with van der Waals surface area (Å²) in [6.45, 7) is 11.9. The van der Waals surface area contributed by atoms with Crippen LogP contribution < -0.4 is 0 Å². The molecule has 2 atom stereocenters. The van der Waals surface area contributed by atoms with Crippen molar-refractivity contribution in [2.24, 2.45) is 5.92 Å². The summed E-state index contributed by atoms with van der Waals surface area (Å²) in [7, 11) is 0. The van der Waals surface area contributed by atoms with Crippen molar-refractivity contribution in [2.75, 3.05) is 38.2 Å². The highest BCUT2D eigenvalue weighted by molar-refractivity contribution is 8.56. The summed E-state index contributed by atoms with van der Waals surface area (Å²) >= 11 is 1.53. The molecule has 0 aromatic carbocycles. The van der Waals surface area contributed by atoms with Gasteiger partial charge in [0.1, 0.15) is 0 Å². The van der Waals surface area contributed by atoms with Gasteiger partial charge in [0.05, 0.1) is 6.61 Å². The van der Waals surface area contributed by atoms with E-state index in [-0.39, 0.29) is 0 Å². The molecule has 3 nitrogen and oxygen atoms in total. The summed E-state index contributed by atoms with van der Waals surface area (Å²) in [6, 6.07) is 0. The van der Waals surface area contributed by atoms with Crippen LogP contribution in [0.4, 0.5) is 0 Å². The van der Waals surface area contributed by atoms with Crippen molar-refractivity contribution in [3.05, 3.63) is 0 Å². The maximum absolute atomic E-state index is 12.6. The van der Waals surface area contributed by atoms with E-state index in [0.717, 1.165) is 38.2 Å². The molecule has 0 saturated carbocycles. The van der Waals surface area contributed by atoms with Crippen LogP contribution in [0.3, 0.4) is 0 Å². The first-order valence-corrected chi connectivity index (χ1v) is 11.0. The van der Waals surface area contributed by atoms with E-state index in [0.29, 0.717) is 18.7 Å². The normalized spacial score (nSPS) is 16.5. The lowest BCUT2D eigenvalue weighted by Crippen LogP contribution is -2.25. The minimum absolute atomic E-state index is 0.508. The molecule has 0 aliphatic carbocycles. The first-order chi connectivity index (χ1) is 9.01. The lowest BCUT2D eigenvalue weighted by Gasteiger charge is -2.21. The van der Waals surface area contributed by atoms with Gasteiger partial charge in [-0.05, 0) is 25.4 Å². The first-order valence-electron chi connectivity index (χ1n) is 7.61. The fourth-order valence-electron chi connectivity index (χ4n) is 1.89. The van der Waals surface area contributed by atoms with Crippen LogP contribution in [0.25, 0.3) is 0 Å². The summed E-state index contributed by atoms with van der Waals surface area (Å²) in [5, 5.41) is 0. The van der Waals surface area contributed by atoms with Crippen molar-refractivity contribution < 1.29 is 9.09 Å². The van der Waals surface area contributed by atoms with Gasteiger partial charge in [-0.1, -0.05) is 52.4 Å². The molecular weight excluding hydrogens is 277 g/mol. The van der Waals surface area contributed by atoms with Crippen LogP contribution in [0.1, 0.15) is 47.5 Å². The number of hydrogen-bond acceptors (Lipinski definition) is 4. The van der Waals surface area contributed by atoms with Crippen molar-refractivity contribution >= 4 is 18.0 Å². The Bertz CT molecular complexity index is 260. The SMILES string of the molecule is CCCC(C)COP(=O)(CC)SCCN(CC)CC. The minimum Gasteiger partial charge on any atom is -0.321 e. The third-order valence-corrected chi connectivity index (χ3v) is 8.21. The maximum atomic E-state index is 12.6. The fraction of sp³-hybridized carbons (Fsp3) is 1.00. The van der Waals surface area contributed by atoms with Crippen molar-refractivity contribution in [1.82, 2.24) is 4.90 Å². The Morgan fingerprint density at radius 2 is 1.84 bits per heavy atom. The monoisotopic (exact) mass is 309 g/mol. The zero-order valence-corrected chi connectivity index (χ0v) is 15.1. The highest BCUT2D eigenvalue weighted by atomic mass is 32.7. The summed E-state index contributed by atoms with van der Waals surface area (Å²) in [5.74, 6) is 1.41. The van der Waals surface area contributed by atoms with E-state index >= 15 is 0 Å². The van der Waals surface area contributed by atoms with E-state index in [9.17, 15) is 4.57 Å².